The highest BCUT2D eigenvalue weighted by Gasteiger charge is 2.36. The van der Waals surface area contributed by atoms with Gasteiger partial charge in [-0.3, -0.25) is 4.79 Å². The van der Waals surface area contributed by atoms with E-state index in [-0.39, 0.29) is 17.8 Å². The SMILES string of the molecule is O=C(C1CCCCN1)N(Cc1cccc(F)c1)C1CC1. The second-order valence-corrected chi connectivity index (χ2v) is 5.83. The minimum atomic E-state index is -0.235. The molecule has 0 spiro atoms. The molecule has 1 aromatic carbocycles. The van der Waals surface area contributed by atoms with Crippen LogP contribution in [0.2, 0.25) is 0 Å². The van der Waals surface area contributed by atoms with Crippen LogP contribution in [-0.2, 0) is 11.3 Å². The van der Waals surface area contributed by atoms with Crippen LogP contribution in [0.25, 0.3) is 0 Å². The number of amides is 1. The van der Waals surface area contributed by atoms with Gasteiger partial charge in [0.25, 0.3) is 0 Å². The van der Waals surface area contributed by atoms with Crippen molar-refractivity contribution in [3.63, 3.8) is 0 Å². The lowest BCUT2D eigenvalue weighted by atomic mass is 10.0. The van der Waals surface area contributed by atoms with E-state index in [9.17, 15) is 9.18 Å². The monoisotopic (exact) mass is 276 g/mol. The number of rotatable bonds is 4. The predicted molar refractivity (Wildman–Crippen MR) is 75.6 cm³/mol. The van der Waals surface area contributed by atoms with E-state index in [2.05, 4.69) is 5.32 Å². The first-order valence-corrected chi connectivity index (χ1v) is 7.52. The Labute approximate surface area is 119 Å². The number of hydrogen-bond acceptors (Lipinski definition) is 2. The van der Waals surface area contributed by atoms with Gasteiger partial charge in [-0.2, -0.15) is 0 Å². The quantitative estimate of drug-likeness (QED) is 0.916. The van der Waals surface area contributed by atoms with Gasteiger partial charge in [0.2, 0.25) is 5.91 Å². The number of carbonyl (C=O) groups is 1. The highest BCUT2D eigenvalue weighted by molar-refractivity contribution is 5.82. The molecule has 1 aliphatic carbocycles. The van der Waals surface area contributed by atoms with Crippen molar-refractivity contribution in [2.45, 2.75) is 50.7 Å². The van der Waals surface area contributed by atoms with Gasteiger partial charge in [0.15, 0.2) is 0 Å². The molecule has 1 saturated heterocycles. The van der Waals surface area contributed by atoms with E-state index < -0.39 is 0 Å². The number of nitrogens with one attached hydrogen (secondary N) is 1. The van der Waals surface area contributed by atoms with Gasteiger partial charge in [0, 0.05) is 12.6 Å². The molecule has 108 valence electrons. The minimum absolute atomic E-state index is 0.0436. The lowest BCUT2D eigenvalue weighted by molar-refractivity contribution is -0.135. The van der Waals surface area contributed by atoms with Crippen molar-refractivity contribution in [1.29, 1.82) is 0 Å². The van der Waals surface area contributed by atoms with E-state index in [1.165, 1.54) is 12.1 Å². The lowest BCUT2D eigenvalue weighted by Gasteiger charge is -2.30. The summed E-state index contributed by atoms with van der Waals surface area (Å²) in [7, 11) is 0. The van der Waals surface area contributed by atoms with Crippen molar-refractivity contribution < 1.29 is 9.18 Å². The number of carbonyl (C=O) groups excluding carboxylic acids is 1. The maximum atomic E-state index is 13.3. The van der Waals surface area contributed by atoms with Crippen molar-refractivity contribution in [3.8, 4) is 0 Å². The zero-order chi connectivity index (χ0) is 13.9. The molecule has 1 aliphatic heterocycles. The van der Waals surface area contributed by atoms with E-state index >= 15 is 0 Å². The second-order valence-electron chi connectivity index (χ2n) is 5.83. The van der Waals surface area contributed by atoms with Crippen LogP contribution >= 0.6 is 0 Å². The molecule has 0 radical (unpaired) electrons. The zero-order valence-corrected chi connectivity index (χ0v) is 11.6. The maximum Gasteiger partial charge on any atom is 0.240 e. The van der Waals surface area contributed by atoms with E-state index in [0.29, 0.717) is 12.6 Å². The Hall–Kier alpha value is -1.42. The van der Waals surface area contributed by atoms with Crippen LogP contribution in [0, 0.1) is 5.82 Å². The number of halogens is 1. The third-order valence-electron chi connectivity index (χ3n) is 4.12. The lowest BCUT2D eigenvalue weighted by Crippen LogP contribution is -2.49. The summed E-state index contributed by atoms with van der Waals surface area (Å²) in [6.07, 6.45) is 5.34. The molecular weight excluding hydrogens is 255 g/mol. The van der Waals surface area contributed by atoms with Gasteiger partial charge in [-0.1, -0.05) is 18.6 Å². The molecule has 2 aliphatic rings. The van der Waals surface area contributed by atoms with Gasteiger partial charge in [-0.05, 0) is 49.9 Å². The Morgan fingerprint density at radius 1 is 1.30 bits per heavy atom. The zero-order valence-electron chi connectivity index (χ0n) is 11.6. The summed E-state index contributed by atoms with van der Waals surface area (Å²) in [5, 5.41) is 3.31. The van der Waals surface area contributed by atoms with Crippen molar-refractivity contribution >= 4 is 5.91 Å². The van der Waals surface area contributed by atoms with Crippen LogP contribution in [0.5, 0.6) is 0 Å². The van der Waals surface area contributed by atoms with Crippen molar-refractivity contribution in [2.24, 2.45) is 0 Å². The van der Waals surface area contributed by atoms with Crippen molar-refractivity contribution in [3.05, 3.63) is 35.6 Å². The fraction of sp³-hybridized carbons (Fsp3) is 0.562. The predicted octanol–water partition coefficient (Wildman–Crippen LogP) is 2.46. The first kappa shape index (κ1) is 13.6. The molecule has 4 heteroatoms. The number of piperidine rings is 1. The van der Waals surface area contributed by atoms with Gasteiger partial charge < -0.3 is 10.2 Å². The molecule has 1 aromatic rings. The minimum Gasteiger partial charge on any atom is -0.334 e. The van der Waals surface area contributed by atoms with Crippen LogP contribution < -0.4 is 5.32 Å². The molecule has 1 heterocycles. The fourth-order valence-electron chi connectivity index (χ4n) is 2.87. The van der Waals surface area contributed by atoms with Gasteiger partial charge in [0.1, 0.15) is 5.82 Å². The van der Waals surface area contributed by atoms with E-state index in [1.54, 1.807) is 6.07 Å². The summed E-state index contributed by atoms with van der Waals surface area (Å²) in [4.78, 5) is 14.6. The van der Waals surface area contributed by atoms with E-state index in [4.69, 9.17) is 0 Å². The first-order chi connectivity index (χ1) is 9.74. The Balaban J connectivity index is 1.70. The van der Waals surface area contributed by atoms with Gasteiger partial charge in [-0.15, -0.1) is 0 Å². The molecule has 1 atom stereocenters. The highest BCUT2D eigenvalue weighted by atomic mass is 19.1. The van der Waals surface area contributed by atoms with Gasteiger partial charge in [-0.25, -0.2) is 4.39 Å². The first-order valence-electron chi connectivity index (χ1n) is 7.52. The summed E-state index contributed by atoms with van der Waals surface area (Å²) in [5.41, 5.74) is 0.876. The van der Waals surface area contributed by atoms with Crippen molar-refractivity contribution in [1.82, 2.24) is 10.2 Å². The third kappa shape index (κ3) is 3.18. The standard InChI is InChI=1S/C16H21FN2O/c17-13-5-3-4-12(10-13)11-19(14-7-8-14)16(20)15-6-1-2-9-18-15/h3-5,10,14-15,18H,1-2,6-9,11H2. The molecule has 2 fully saturated rings. The molecule has 3 nitrogen and oxygen atoms in total. The summed E-state index contributed by atoms with van der Waals surface area (Å²) in [5.74, 6) is -0.0436. The topological polar surface area (TPSA) is 32.3 Å². The Kier molecular flexibility index (Phi) is 4.01. The second kappa shape index (κ2) is 5.92. The highest BCUT2D eigenvalue weighted by Crippen LogP contribution is 2.29. The van der Waals surface area contributed by atoms with Crippen LogP contribution in [-0.4, -0.2) is 29.4 Å². The summed E-state index contributed by atoms with van der Waals surface area (Å²) >= 11 is 0. The normalized spacial score (nSPS) is 22.6. The smallest absolute Gasteiger partial charge is 0.240 e. The number of benzene rings is 1. The van der Waals surface area contributed by atoms with Crippen molar-refractivity contribution in [2.75, 3.05) is 6.54 Å². The van der Waals surface area contributed by atoms with E-state index in [1.807, 2.05) is 11.0 Å². The molecule has 0 aromatic heterocycles. The summed E-state index contributed by atoms with van der Waals surface area (Å²) in [6, 6.07) is 6.87. The van der Waals surface area contributed by atoms with E-state index in [0.717, 1.165) is 44.2 Å². The summed E-state index contributed by atoms with van der Waals surface area (Å²) in [6.45, 7) is 1.45. The van der Waals surface area contributed by atoms with Crippen LogP contribution in [0.15, 0.2) is 24.3 Å². The average molecular weight is 276 g/mol. The Morgan fingerprint density at radius 3 is 2.80 bits per heavy atom. The molecule has 1 saturated carbocycles. The Bertz CT molecular complexity index is 481. The van der Waals surface area contributed by atoms with Crippen LogP contribution in [0.1, 0.15) is 37.7 Å². The fourth-order valence-corrected chi connectivity index (χ4v) is 2.87. The van der Waals surface area contributed by atoms with Crippen LogP contribution in [0.4, 0.5) is 4.39 Å². The number of hydrogen-bond donors (Lipinski definition) is 1. The third-order valence-corrected chi connectivity index (χ3v) is 4.12. The number of nitrogens with zero attached hydrogens (tertiary/aromatic N) is 1. The molecule has 20 heavy (non-hydrogen) atoms. The maximum absolute atomic E-state index is 13.3. The molecular formula is C16H21FN2O. The molecule has 1 amide bonds. The molecule has 1 unspecified atom stereocenters. The largest absolute Gasteiger partial charge is 0.334 e. The summed E-state index contributed by atoms with van der Waals surface area (Å²) < 4.78 is 13.3. The van der Waals surface area contributed by atoms with Gasteiger partial charge >= 0.3 is 0 Å². The molecule has 0 bridgehead atoms. The Morgan fingerprint density at radius 2 is 2.15 bits per heavy atom. The van der Waals surface area contributed by atoms with Crippen LogP contribution in [0.3, 0.4) is 0 Å². The van der Waals surface area contributed by atoms with Gasteiger partial charge in [0.05, 0.1) is 6.04 Å². The average Bonchev–Trinajstić information content (AvgIpc) is 3.30. The molecule has 3 rings (SSSR count). The molecule has 1 N–H and O–H groups in total.